The first kappa shape index (κ1) is 10.7. The van der Waals surface area contributed by atoms with Crippen molar-refractivity contribution in [2.45, 2.75) is 6.92 Å². The molecule has 1 rings (SSSR count). The van der Waals surface area contributed by atoms with Crippen molar-refractivity contribution in [3.8, 4) is 0 Å². The second-order valence-corrected chi connectivity index (χ2v) is 3.83. The summed E-state index contributed by atoms with van der Waals surface area (Å²) < 4.78 is 0. The lowest BCUT2D eigenvalue weighted by Crippen LogP contribution is -2.06. The van der Waals surface area contributed by atoms with Gasteiger partial charge in [-0.1, -0.05) is 11.8 Å². The van der Waals surface area contributed by atoms with Crippen molar-refractivity contribution in [1.82, 2.24) is 4.98 Å². The number of hydrogen-bond donors (Lipinski definition) is 1. The van der Waals surface area contributed by atoms with Crippen molar-refractivity contribution >= 4 is 28.3 Å². The van der Waals surface area contributed by atoms with E-state index < -0.39 is 0 Å². The largest absolute Gasteiger partial charge is 0.397 e. The molecule has 1 aromatic heterocycles. The van der Waals surface area contributed by atoms with Crippen LogP contribution in [0.5, 0.6) is 0 Å². The van der Waals surface area contributed by atoms with Crippen molar-refractivity contribution in [3.05, 3.63) is 24.0 Å². The van der Waals surface area contributed by atoms with Gasteiger partial charge in [0.05, 0.1) is 17.6 Å². The molecule has 0 bridgehead atoms. The molecular formula is C9H10N2O2S. The normalized spacial score (nSPS) is 9.79. The van der Waals surface area contributed by atoms with Gasteiger partial charge in [-0.15, -0.1) is 0 Å². The maximum absolute atomic E-state index is 11.4. The molecule has 0 saturated carbocycles. The fourth-order valence-corrected chi connectivity index (χ4v) is 1.29. The molecule has 1 heterocycles. The number of thioether (sulfide) groups is 1. The zero-order chi connectivity index (χ0) is 10.6. The van der Waals surface area contributed by atoms with Gasteiger partial charge in [0.25, 0.3) is 0 Å². The van der Waals surface area contributed by atoms with Gasteiger partial charge in [-0.3, -0.25) is 14.6 Å². The number of carbonyl (C=O) groups excluding carboxylic acids is 2. The van der Waals surface area contributed by atoms with E-state index in [1.807, 2.05) is 0 Å². The van der Waals surface area contributed by atoms with Crippen molar-refractivity contribution in [1.29, 1.82) is 0 Å². The highest BCUT2D eigenvalue weighted by Crippen LogP contribution is 2.07. The van der Waals surface area contributed by atoms with Crippen LogP contribution in [0.2, 0.25) is 0 Å². The number of nitrogens with two attached hydrogens (primary N) is 1. The molecule has 0 unspecified atom stereocenters. The fourth-order valence-electron chi connectivity index (χ4n) is 0.811. The number of pyridine rings is 1. The molecule has 0 saturated heterocycles. The third-order valence-electron chi connectivity index (χ3n) is 1.48. The molecule has 0 radical (unpaired) electrons. The molecule has 0 fully saturated rings. The minimum atomic E-state index is -0.162. The minimum absolute atomic E-state index is 0.0752. The summed E-state index contributed by atoms with van der Waals surface area (Å²) >= 11 is 0.979. The average Bonchev–Trinajstić information content (AvgIpc) is 2.15. The van der Waals surface area contributed by atoms with Gasteiger partial charge in [0.2, 0.25) is 0 Å². The Balaban J connectivity index is 2.61. The Kier molecular flexibility index (Phi) is 3.64. The highest BCUT2D eigenvalue weighted by atomic mass is 32.2. The maximum Gasteiger partial charge on any atom is 0.191 e. The van der Waals surface area contributed by atoms with E-state index >= 15 is 0 Å². The molecule has 0 amide bonds. The Morgan fingerprint density at radius 1 is 1.50 bits per heavy atom. The Bertz CT molecular complexity index is 348. The van der Waals surface area contributed by atoms with Crippen LogP contribution in [0.15, 0.2) is 18.3 Å². The zero-order valence-electron chi connectivity index (χ0n) is 7.69. The first-order valence-electron chi connectivity index (χ1n) is 3.97. The van der Waals surface area contributed by atoms with Crippen LogP contribution in [0.1, 0.15) is 17.4 Å². The number of Topliss-reactive ketones (excluding diaryl/α,β-unsaturated/α-hetero) is 1. The number of aromatic nitrogens is 1. The zero-order valence-corrected chi connectivity index (χ0v) is 8.50. The topological polar surface area (TPSA) is 73.0 Å². The SMILES string of the molecule is CC(=O)SCC(=O)c1ccc(N)cn1. The third-order valence-corrected chi connectivity index (χ3v) is 2.29. The van der Waals surface area contributed by atoms with Gasteiger partial charge in [0.15, 0.2) is 10.9 Å². The van der Waals surface area contributed by atoms with Crippen molar-refractivity contribution in [2.75, 3.05) is 11.5 Å². The van der Waals surface area contributed by atoms with E-state index in [4.69, 9.17) is 5.73 Å². The molecule has 0 aromatic carbocycles. The Labute approximate surface area is 85.9 Å². The number of rotatable bonds is 3. The van der Waals surface area contributed by atoms with Gasteiger partial charge in [-0.25, -0.2) is 0 Å². The van der Waals surface area contributed by atoms with Gasteiger partial charge in [-0.2, -0.15) is 0 Å². The van der Waals surface area contributed by atoms with Gasteiger partial charge in [0.1, 0.15) is 5.69 Å². The third kappa shape index (κ3) is 3.18. The molecular weight excluding hydrogens is 200 g/mol. The molecule has 74 valence electrons. The van der Waals surface area contributed by atoms with Crippen molar-refractivity contribution < 1.29 is 9.59 Å². The number of carbonyl (C=O) groups is 2. The summed E-state index contributed by atoms with van der Waals surface area (Å²) in [5.74, 6) is -0.0307. The molecule has 4 nitrogen and oxygen atoms in total. The summed E-state index contributed by atoms with van der Waals surface area (Å²) in [6.07, 6.45) is 1.42. The molecule has 0 aliphatic heterocycles. The van der Waals surface area contributed by atoms with Crippen LogP contribution >= 0.6 is 11.8 Å². The number of hydrogen-bond acceptors (Lipinski definition) is 5. The van der Waals surface area contributed by atoms with Crippen LogP contribution in [-0.2, 0) is 4.79 Å². The van der Waals surface area contributed by atoms with E-state index in [2.05, 4.69) is 4.98 Å². The average molecular weight is 210 g/mol. The van der Waals surface area contributed by atoms with E-state index in [0.29, 0.717) is 11.4 Å². The van der Waals surface area contributed by atoms with Gasteiger partial charge in [0, 0.05) is 6.92 Å². The summed E-state index contributed by atoms with van der Waals surface area (Å²) in [6, 6.07) is 3.16. The van der Waals surface area contributed by atoms with E-state index in [1.165, 1.54) is 13.1 Å². The Morgan fingerprint density at radius 3 is 2.71 bits per heavy atom. The summed E-state index contributed by atoms with van der Waals surface area (Å²) in [5, 5.41) is -0.0752. The van der Waals surface area contributed by atoms with Crippen molar-refractivity contribution in [2.24, 2.45) is 0 Å². The van der Waals surface area contributed by atoms with Crippen LogP contribution in [0.4, 0.5) is 5.69 Å². The first-order valence-corrected chi connectivity index (χ1v) is 4.96. The first-order chi connectivity index (χ1) is 6.59. The van der Waals surface area contributed by atoms with E-state index in [-0.39, 0.29) is 16.7 Å². The second-order valence-electron chi connectivity index (χ2n) is 2.68. The molecule has 2 N–H and O–H groups in total. The number of nitrogens with zero attached hydrogens (tertiary/aromatic N) is 1. The highest BCUT2D eigenvalue weighted by molar-refractivity contribution is 8.14. The summed E-state index contributed by atoms with van der Waals surface area (Å²) in [5.41, 5.74) is 6.27. The van der Waals surface area contributed by atoms with E-state index in [1.54, 1.807) is 12.1 Å². The van der Waals surface area contributed by atoms with Crippen LogP contribution in [0, 0.1) is 0 Å². The van der Waals surface area contributed by atoms with Gasteiger partial charge in [-0.05, 0) is 12.1 Å². The lowest BCUT2D eigenvalue weighted by molar-refractivity contribution is -0.109. The Morgan fingerprint density at radius 2 is 2.21 bits per heavy atom. The summed E-state index contributed by atoms with van der Waals surface area (Å²) in [7, 11) is 0. The highest BCUT2D eigenvalue weighted by Gasteiger charge is 2.08. The molecule has 0 spiro atoms. The van der Waals surface area contributed by atoms with E-state index in [0.717, 1.165) is 11.8 Å². The number of anilines is 1. The monoisotopic (exact) mass is 210 g/mol. The predicted molar refractivity (Wildman–Crippen MR) is 56.1 cm³/mol. The van der Waals surface area contributed by atoms with Crippen LogP contribution in [-0.4, -0.2) is 21.6 Å². The molecule has 5 heteroatoms. The molecule has 1 aromatic rings. The smallest absolute Gasteiger partial charge is 0.191 e. The summed E-state index contributed by atoms with van der Waals surface area (Å²) in [6.45, 7) is 1.42. The Hall–Kier alpha value is -1.36. The van der Waals surface area contributed by atoms with Crippen LogP contribution in [0.25, 0.3) is 0 Å². The van der Waals surface area contributed by atoms with Crippen LogP contribution < -0.4 is 5.73 Å². The standard InChI is InChI=1S/C9H10N2O2S/c1-6(12)14-5-9(13)8-3-2-7(10)4-11-8/h2-4H,5,10H2,1H3. The minimum Gasteiger partial charge on any atom is -0.397 e. The van der Waals surface area contributed by atoms with Gasteiger partial charge >= 0.3 is 0 Å². The number of nitrogen functional groups attached to an aromatic ring is 1. The lowest BCUT2D eigenvalue weighted by atomic mass is 10.3. The fraction of sp³-hybridized carbons (Fsp3) is 0.222. The number of ketones is 1. The quantitative estimate of drug-likeness (QED) is 0.757. The van der Waals surface area contributed by atoms with Crippen LogP contribution in [0.3, 0.4) is 0 Å². The molecule has 0 atom stereocenters. The predicted octanol–water partition coefficient (Wildman–Crippen LogP) is 1.13. The summed E-state index contributed by atoms with van der Waals surface area (Å²) in [4.78, 5) is 25.8. The van der Waals surface area contributed by atoms with Gasteiger partial charge < -0.3 is 5.73 Å². The van der Waals surface area contributed by atoms with Crippen molar-refractivity contribution in [3.63, 3.8) is 0 Å². The van der Waals surface area contributed by atoms with E-state index in [9.17, 15) is 9.59 Å². The second kappa shape index (κ2) is 4.76. The lowest BCUT2D eigenvalue weighted by Gasteiger charge is -1.98. The maximum atomic E-state index is 11.4. The molecule has 0 aliphatic rings. The molecule has 0 aliphatic carbocycles. The molecule has 14 heavy (non-hydrogen) atoms.